The minimum Gasteiger partial charge on any atom is -0.463 e. The lowest BCUT2D eigenvalue weighted by Gasteiger charge is -2.21. The van der Waals surface area contributed by atoms with Crippen molar-refractivity contribution in [1.29, 1.82) is 0 Å². The van der Waals surface area contributed by atoms with Gasteiger partial charge < -0.3 is 4.42 Å². The first kappa shape index (κ1) is 22.6. The van der Waals surface area contributed by atoms with Crippen LogP contribution in [0.4, 0.5) is 0 Å². The van der Waals surface area contributed by atoms with Gasteiger partial charge in [0.15, 0.2) is 5.76 Å². The Balaban J connectivity index is 1.64. The SMILES string of the molecule is CCCCC(CC)CN1C(=O)C(=Cc2cn(-c3ccccc3)nc2-c2ccco2)SC1=S. The summed E-state index contributed by atoms with van der Waals surface area (Å²) >= 11 is 6.94. The van der Waals surface area contributed by atoms with Gasteiger partial charge in [-0.25, -0.2) is 4.68 Å². The normalized spacial score (nSPS) is 16.3. The third-order valence-electron chi connectivity index (χ3n) is 5.66. The van der Waals surface area contributed by atoms with E-state index in [1.807, 2.05) is 59.4 Å². The van der Waals surface area contributed by atoms with Crippen molar-refractivity contribution >= 4 is 40.3 Å². The van der Waals surface area contributed by atoms with Gasteiger partial charge in [-0.15, -0.1) is 0 Å². The summed E-state index contributed by atoms with van der Waals surface area (Å²) in [5, 5.41) is 4.73. The molecule has 3 heterocycles. The highest BCUT2D eigenvalue weighted by Crippen LogP contribution is 2.36. The van der Waals surface area contributed by atoms with Crippen LogP contribution in [0.3, 0.4) is 0 Å². The number of nitrogens with zero attached hydrogens (tertiary/aromatic N) is 3. The number of unbranched alkanes of at least 4 members (excludes halogenated alkanes) is 1. The Hall–Kier alpha value is -2.64. The smallest absolute Gasteiger partial charge is 0.266 e. The number of rotatable bonds is 9. The van der Waals surface area contributed by atoms with E-state index in [0.29, 0.717) is 33.1 Å². The second kappa shape index (κ2) is 10.3. The van der Waals surface area contributed by atoms with Crippen LogP contribution in [0.1, 0.15) is 45.1 Å². The maximum Gasteiger partial charge on any atom is 0.266 e. The minimum absolute atomic E-state index is 0.0206. The molecular weight excluding hydrogens is 438 g/mol. The van der Waals surface area contributed by atoms with Gasteiger partial charge in [-0.3, -0.25) is 9.69 Å². The highest BCUT2D eigenvalue weighted by Gasteiger charge is 2.33. The largest absolute Gasteiger partial charge is 0.463 e. The second-order valence-corrected chi connectivity index (χ2v) is 9.58. The van der Waals surface area contributed by atoms with E-state index < -0.39 is 0 Å². The maximum absolute atomic E-state index is 13.2. The number of carbonyl (C=O) groups is 1. The Labute approximate surface area is 198 Å². The van der Waals surface area contributed by atoms with Gasteiger partial charge >= 0.3 is 0 Å². The van der Waals surface area contributed by atoms with Crippen molar-refractivity contribution in [3.63, 3.8) is 0 Å². The summed E-state index contributed by atoms with van der Waals surface area (Å²) in [5.74, 6) is 1.11. The average molecular weight is 466 g/mol. The summed E-state index contributed by atoms with van der Waals surface area (Å²) in [7, 11) is 0. The molecule has 1 aliphatic heterocycles. The summed E-state index contributed by atoms with van der Waals surface area (Å²) in [4.78, 5) is 15.6. The Kier molecular flexibility index (Phi) is 7.27. The lowest BCUT2D eigenvalue weighted by Crippen LogP contribution is -2.33. The Bertz CT molecular complexity index is 1100. The summed E-state index contributed by atoms with van der Waals surface area (Å²) in [6.45, 7) is 5.07. The fourth-order valence-corrected chi connectivity index (χ4v) is 5.05. The summed E-state index contributed by atoms with van der Waals surface area (Å²) in [6, 6.07) is 13.6. The van der Waals surface area contributed by atoms with Crippen molar-refractivity contribution < 1.29 is 9.21 Å². The monoisotopic (exact) mass is 465 g/mol. The van der Waals surface area contributed by atoms with Crippen LogP contribution in [0.2, 0.25) is 0 Å². The van der Waals surface area contributed by atoms with Crippen molar-refractivity contribution in [3.05, 3.63) is 65.4 Å². The maximum atomic E-state index is 13.2. The average Bonchev–Trinajstić information content (AvgIpc) is 3.54. The number of benzene rings is 1. The molecule has 1 fully saturated rings. The van der Waals surface area contributed by atoms with E-state index in [0.717, 1.165) is 30.5 Å². The molecule has 5 nitrogen and oxygen atoms in total. The first-order valence-corrected chi connectivity index (χ1v) is 12.3. The number of para-hydroxylation sites is 1. The molecule has 0 saturated carbocycles. The molecule has 0 spiro atoms. The Morgan fingerprint density at radius 3 is 2.69 bits per heavy atom. The van der Waals surface area contributed by atoms with Crippen molar-refractivity contribution in [2.75, 3.05) is 6.54 Å². The number of amides is 1. The van der Waals surface area contributed by atoms with Gasteiger partial charge in [0.1, 0.15) is 10.0 Å². The quantitative estimate of drug-likeness (QED) is 0.265. The lowest BCUT2D eigenvalue weighted by atomic mass is 9.99. The Morgan fingerprint density at radius 2 is 2.00 bits per heavy atom. The van der Waals surface area contributed by atoms with E-state index in [2.05, 4.69) is 13.8 Å². The first-order chi connectivity index (χ1) is 15.6. The molecule has 0 bridgehead atoms. The molecule has 1 aliphatic rings. The van der Waals surface area contributed by atoms with Gasteiger partial charge in [0, 0.05) is 18.3 Å². The Morgan fingerprint density at radius 1 is 1.19 bits per heavy atom. The first-order valence-electron chi connectivity index (χ1n) is 11.0. The fourth-order valence-electron chi connectivity index (χ4n) is 3.78. The molecule has 0 aliphatic carbocycles. The predicted molar refractivity (Wildman–Crippen MR) is 134 cm³/mol. The lowest BCUT2D eigenvalue weighted by molar-refractivity contribution is -0.122. The number of thiocarbonyl (C=S) groups is 1. The predicted octanol–water partition coefficient (Wildman–Crippen LogP) is 6.55. The molecule has 1 saturated heterocycles. The molecule has 2 aromatic heterocycles. The molecule has 166 valence electrons. The third-order valence-corrected chi connectivity index (χ3v) is 7.04. The number of carbonyl (C=O) groups excluding carboxylic acids is 1. The molecule has 1 aromatic carbocycles. The van der Waals surface area contributed by atoms with Gasteiger partial charge in [-0.1, -0.05) is 75.3 Å². The van der Waals surface area contributed by atoms with E-state index in [9.17, 15) is 4.79 Å². The molecule has 0 radical (unpaired) electrons. The molecule has 4 rings (SSSR count). The van der Waals surface area contributed by atoms with Crippen LogP contribution in [0.5, 0.6) is 0 Å². The highest BCUT2D eigenvalue weighted by atomic mass is 32.2. The summed E-state index contributed by atoms with van der Waals surface area (Å²) < 4.78 is 8.05. The number of hydrogen-bond donors (Lipinski definition) is 0. The zero-order valence-electron chi connectivity index (χ0n) is 18.4. The number of aromatic nitrogens is 2. The molecule has 7 heteroatoms. The van der Waals surface area contributed by atoms with Crippen LogP contribution in [-0.2, 0) is 4.79 Å². The van der Waals surface area contributed by atoms with Gasteiger partial charge in [0.2, 0.25) is 0 Å². The van der Waals surface area contributed by atoms with Crippen LogP contribution in [0.25, 0.3) is 23.2 Å². The molecule has 1 unspecified atom stereocenters. The highest BCUT2D eigenvalue weighted by molar-refractivity contribution is 8.26. The van der Waals surface area contributed by atoms with Crippen LogP contribution in [0.15, 0.2) is 64.2 Å². The summed E-state index contributed by atoms with van der Waals surface area (Å²) in [5.41, 5.74) is 2.45. The van der Waals surface area contributed by atoms with Crippen molar-refractivity contribution in [3.8, 4) is 17.1 Å². The third kappa shape index (κ3) is 4.89. The molecular formula is C25H27N3O2S2. The topological polar surface area (TPSA) is 51.3 Å². The van der Waals surface area contributed by atoms with Gasteiger partial charge in [-0.05, 0) is 42.7 Å². The van der Waals surface area contributed by atoms with Crippen molar-refractivity contribution in [2.45, 2.75) is 39.5 Å². The number of hydrogen-bond acceptors (Lipinski definition) is 5. The molecule has 3 aromatic rings. The summed E-state index contributed by atoms with van der Waals surface area (Å²) in [6.07, 6.45) is 9.94. The van der Waals surface area contributed by atoms with Crippen molar-refractivity contribution in [1.82, 2.24) is 14.7 Å². The van der Waals surface area contributed by atoms with Crippen LogP contribution >= 0.6 is 24.0 Å². The van der Waals surface area contributed by atoms with E-state index >= 15 is 0 Å². The molecule has 1 amide bonds. The van der Waals surface area contributed by atoms with Crippen LogP contribution in [-0.4, -0.2) is 31.5 Å². The molecule has 1 atom stereocenters. The van der Waals surface area contributed by atoms with E-state index in [1.165, 1.54) is 18.2 Å². The van der Waals surface area contributed by atoms with Crippen LogP contribution in [0, 0.1) is 5.92 Å². The van der Waals surface area contributed by atoms with Gasteiger partial charge in [0.25, 0.3) is 5.91 Å². The zero-order chi connectivity index (χ0) is 22.5. The number of thioether (sulfide) groups is 1. The standard InChI is InChI=1S/C25H27N3O2S2/c1-3-5-10-18(4-2)16-27-24(29)22(32-25(27)31)15-19-17-28(20-11-7-6-8-12-20)26-23(19)21-13-9-14-30-21/h6-9,11-15,17-18H,3-5,10,16H2,1-2H3. The molecule has 32 heavy (non-hydrogen) atoms. The fraction of sp³-hybridized carbons (Fsp3) is 0.320. The van der Waals surface area contributed by atoms with Gasteiger partial charge in [0.05, 0.1) is 16.9 Å². The van der Waals surface area contributed by atoms with Crippen LogP contribution < -0.4 is 0 Å². The van der Waals surface area contributed by atoms with E-state index in [4.69, 9.17) is 21.7 Å². The van der Waals surface area contributed by atoms with E-state index in [1.54, 1.807) is 11.2 Å². The van der Waals surface area contributed by atoms with Crippen molar-refractivity contribution in [2.24, 2.45) is 5.92 Å². The van der Waals surface area contributed by atoms with Gasteiger partial charge in [-0.2, -0.15) is 5.10 Å². The molecule has 0 N–H and O–H groups in total. The second-order valence-electron chi connectivity index (χ2n) is 7.90. The number of furan rings is 1. The zero-order valence-corrected chi connectivity index (χ0v) is 20.0. The minimum atomic E-state index is -0.0206. The van der Waals surface area contributed by atoms with E-state index in [-0.39, 0.29) is 5.91 Å².